The zero-order valence-corrected chi connectivity index (χ0v) is 28.3. The van der Waals surface area contributed by atoms with Crippen molar-refractivity contribution in [1.82, 2.24) is 25.8 Å². The number of benzene rings is 1. The minimum absolute atomic E-state index is 0.0257. The van der Waals surface area contributed by atoms with Gasteiger partial charge in [0.15, 0.2) is 0 Å². The molecule has 0 aromatic heterocycles. The first-order valence-corrected chi connectivity index (χ1v) is 16.3. The molecule has 6 unspecified atom stereocenters. The van der Waals surface area contributed by atoms with Crippen LogP contribution in [0.4, 0.5) is 0 Å². The summed E-state index contributed by atoms with van der Waals surface area (Å²) in [5.41, 5.74) is 0.643. The standard InChI is InChI=1S/C34H49N5O8/c1-8-20(4)29-34(46)38(7)27(17-23-11-13-24(40)14-12-23)32(44)35-18-28(41)47-22(6)21(5)30(42)37-26(16-19(2)3)31(43)36-25-10-9-15-39(29)33(25)45/h9,11-15,19-22,25-27,29,40H,8,10,16-18H2,1-7H3,(H,35,44)(H,36,43)(H,37,42)/t20?,21?,22-,25?,26?,27?,29?/m1/s1. The molecule has 1 aromatic rings. The van der Waals surface area contributed by atoms with Crippen molar-refractivity contribution < 1.29 is 38.6 Å². The maximum atomic E-state index is 14.3. The van der Waals surface area contributed by atoms with E-state index in [1.807, 2.05) is 27.7 Å². The van der Waals surface area contributed by atoms with E-state index in [2.05, 4.69) is 16.0 Å². The zero-order valence-electron chi connectivity index (χ0n) is 28.3. The molecule has 3 rings (SSSR count). The van der Waals surface area contributed by atoms with Gasteiger partial charge in [0.25, 0.3) is 0 Å². The molecular formula is C34H49N5O8. The highest BCUT2D eigenvalue weighted by Gasteiger charge is 2.42. The minimum atomic E-state index is -1.10. The third-order valence-corrected chi connectivity index (χ3v) is 8.91. The first-order valence-electron chi connectivity index (χ1n) is 16.3. The highest BCUT2D eigenvalue weighted by molar-refractivity contribution is 5.97. The van der Waals surface area contributed by atoms with E-state index in [1.54, 1.807) is 32.1 Å². The number of cyclic esters (lactones) is 1. The molecular weight excluding hydrogens is 606 g/mol. The Balaban J connectivity index is 2.06. The van der Waals surface area contributed by atoms with Gasteiger partial charge in [-0.05, 0) is 49.3 Å². The lowest BCUT2D eigenvalue weighted by Gasteiger charge is -2.40. The molecule has 13 nitrogen and oxygen atoms in total. The highest BCUT2D eigenvalue weighted by Crippen LogP contribution is 2.24. The lowest BCUT2D eigenvalue weighted by Crippen LogP contribution is -2.61. The van der Waals surface area contributed by atoms with Crippen LogP contribution in [0.25, 0.3) is 0 Å². The largest absolute Gasteiger partial charge is 0.508 e. The number of ether oxygens (including phenoxy) is 1. The predicted molar refractivity (Wildman–Crippen MR) is 173 cm³/mol. The van der Waals surface area contributed by atoms with E-state index in [0.717, 1.165) is 0 Å². The van der Waals surface area contributed by atoms with E-state index in [-0.39, 0.29) is 30.4 Å². The summed E-state index contributed by atoms with van der Waals surface area (Å²) < 4.78 is 5.46. The van der Waals surface area contributed by atoms with E-state index in [1.165, 1.54) is 35.2 Å². The third kappa shape index (κ3) is 9.55. The number of phenolic OH excluding ortho intramolecular Hbond substituents is 1. The van der Waals surface area contributed by atoms with Crippen LogP contribution in [-0.4, -0.2) is 94.3 Å². The quantitative estimate of drug-likeness (QED) is 0.335. The Hall–Kier alpha value is -4.42. The Morgan fingerprint density at radius 3 is 2.21 bits per heavy atom. The van der Waals surface area contributed by atoms with E-state index in [4.69, 9.17) is 4.74 Å². The van der Waals surface area contributed by atoms with Crippen LogP contribution in [0.15, 0.2) is 36.5 Å². The molecule has 1 saturated heterocycles. The number of likely N-dealkylation sites (N-methyl/N-ethyl adjacent to an activating group) is 1. The van der Waals surface area contributed by atoms with Crippen LogP contribution in [0.1, 0.15) is 66.4 Å². The van der Waals surface area contributed by atoms with Crippen molar-refractivity contribution in [3.63, 3.8) is 0 Å². The number of hydrogen-bond donors (Lipinski definition) is 4. The smallest absolute Gasteiger partial charge is 0.325 e. The first-order chi connectivity index (χ1) is 22.1. The van der Waals surface area contributed by atoms with E-state index < -0.39 is 78.2 Å². The van der Waals surface area contributed by atoms with Crippen molar-refractivity contribution >= 4 is 35.5 Å². The number of nitrogens with zero attached hydrogens (tertiary/aromatic N) is 2. The number of nitrogens with one attached hydrogen (secondary N) is 3. The number of amides is 5. The van der Waals surface area contributed by atoms with Crippen LogP contribution in [0, 0.1) is 17.8 Å². The molecule has 4 N–H and O–H groups in total. The maximum absolute atomic E-state index is 14.3. The molecule has 2 aliphatic rings. The van der Waals surface area contributed by atoms with Crippen LogP contribution in [-0.2, 0) is 39.9 Å². The van der Waals surface area contributed by atoms with E-state index in [0.29, 0.717) is 18.4 Å². The second-order valence-corrected chi connectivity index (χ2v) is 13.0. The summed E-state index contributed by atoms with van der Waals surface area (Å²) in [4.78, 5) is 84.0. The Morgan fingerprint density at radius 2 is 1.60 bits per heavy atom. The van der Waals surface area contributed by atoms with Crippen LogP contribution in [0.2, 0.25) is 0 Å². The van der Waals surface area contributed by atoms with Crippen molar-refractivity contribution in [3.05, 3.63) is 42.1 Å². The van der Waals surface area contributed by atoms with Gasteiger partial charge in [0.1, 0.15) is 42.6 Å². The van der Waals surface area contributed by atoms with Crippen molar-refractivity contribution in [2.45, 2.75) is 97.5 Å². The maximum Gasteiger partial charge on any atom is 0.325 e. The molecule has 47 heavy (non-hydrogen) atoms. The lowest BCUT2D eigenvalue weighted by molar-refractivity contribution is -0.153. The Bertz CT molecular complexity index is 1350. The fourth-order valence-electron chi connectivity index (χ4n) is 5.62. The van der Waals surface area contributed by atoms with Crippen molar-refractivity contribution in [2.75, 3.05) is 13.6 Å². The molecule has 0 saturated carbocycles. The third-order valence-electron chi connectivity index (χ3n) is 8.91. The van der Waals surface area contributed by atoms with Crippen LogP contribution in [0.5, 0.6) is 5.75 Å². The molecule has 1 aromatic carbocycles. The van der Waals surface area contributed by atoms with Gasteiger partial charge in [0.2, 0.25) is 29.5 Å². The Kier molecular flexibility index (Phi) is 12.9. The molecule has 0 radical (unpaired) electrons. The monoisotopic (exact) mass is 655 g/mol. The highest BCUT2D eigenvalue weighted by atomic mass is 16.5. The number of fused-ring (bicyclic) bond motifs is 2. The zero-order chi connectivity index (χ0) is 35.0. The Labute approximate surface area is 276 Å². The fraction of sp³-hybridized carbons (Fsp3) is 0.588. The predicted octanol–water partition coefficient (Wildman–Crippen LogP) is 1.64. The summed E-state index contributed by atoms with van der Waals surface area (Å²) in [6, 6.07) is 2.12. The number of carbonyl (C=O) groups excluding carboxylic acids is 6. The summed E-state index contributed by atoms with van der Waals surface area (Å²) in [7, 11) is 1.47. The van der Waals surface area contributed by atoms with Crippen LogP contribution in [0.3, 0.4) is 0 Å². The van der Waals surface area contributed by atoms with Gasteiger partial charge in [-0.1, -0.05) is 59.2 Å². The summed E-state index contributed by atoms with van der Waals surface area (Å²) >= 11 is 0. The second-order valence-electron chi connectivity index (χ2n) is 13.0. The van der Waals surface area contributed by atoms with E-state index >= 15 is 0 Å². The minimum Gasteiger partial charge on any atom is -0.508 e. The van der Waals surface area contributed by atoms with Crippen molar-refractivity contribution in [2.24, 2.45) is 17.8 Å². The van der Waals surface area contributed by atoms with Gasteiger partial charge in [0.05, 0.1) is 5.92 Å². The SMILES string of the molecule is CCC(C)C1C(=O)N(C)C(Cc2ccc(O)cc2)C(=O)NCC(=O)O[C@H](C)C(C)C(=O)NC(CC(C)C)C(=O)NC2CC=CN1C2=O. The molecule has 0 aliphatic carbocycles. The number of hydrogen-bond acceptors (Lipinski definition) is 8. The summed E-state index contributed by atoms with van der Waals surface area (Å²) in [5.74, 6) is -4.58. The first kappa shape index (κ1) is 37.0. The topological polar surface area (TPSA) is 174 Å². The number of rotatable bonds is 6. The average Bonchev–Trinajstić information content (AvgIpc) is 3.03. The summed E-state index contributed by atoms with van der Waals surface area (Å²) in [6.07, 6.45) is 3.42. The lowest BCUT2D eigenvalue weighted by atomic mass is 9.93. The normalized spacial score (nSPS) is 27.7. The fourth-order valence-corrected chi connectivity index (χ4v) is 5.62. The van der Waals surface area contributed by atoms with Gasteiger partial charge in [-0.2, -0.15) is 0 Å². The molecule has 0 spiro atoms. The molecule has 2 bridgehead atoms. The van der Waals surface area contributed by atoms with Crippen molar-refractivity contribution in [1.29, 1.82) is 0 Å². The number of phenols is 1. The second kappa shape index (κ2) is 16.4. The van der Waals surface area contributed by atoms with Crippen LogP contribution >= 0.6 is 0 Å². The van der Waals surface area contributed by atoms with Gasteiger partial charge >= 0.3 is 5.97 Å². The molecule has 5 amide bonds. The molecule has 2 heterocycles. The van der Waals surface area contributed by atoms with Gasteiger partial charge < -0.3 is 35.6 Å². The summed E-state index contributed by atoms with van der Waals surface area (Å²) in [6.45, 7) is 10.1. The average molecular weight is 656 g/mol. The molecule has 2 aliphatic heterocycles. The van der Waals surface area contributed by atoms with Gasteiger partial charge in [-0.15, -0.1) is 0 Å². The van der Waals surface area contributed by atoms with Gasteiger partial charge in [-0.3, -0.25) is 28.8 Å². The number of carbonyl (C=O) groups is 6. The molecule has 258 valence electrons. The van der Waals surface area contributed by atoms with Gasteiger partial charge in [0, 0.05) is 19.7 Å². The van der Waals surface area contributed by atoms with Crippen LogP contribution < -0.4 is 16.0 Å². The summed E-state index contributed by atoms with van der Waals surface area (Å²) in [5, 5.41) is 17.9. The molecule has 13 heteroatoms. The molecule has 1 fully saturated rings. The van der Waals surface area contributed by atoms with E-state index in [9.17, 15) is 33.9 Å². The van der Waals surface area contributed by atoms with Crippen molar-refractivity contribution in [3.8, 4) is 5.75 Å². The Morgan fingerprint density at radius 1 is 0.936 bits per heavy atom. The number of esters is 1. The molecule has 7 atom stereocenters. The number of aromatic hydroxyl groups is 1. The van der Waals surface area contributed by atoms with Gasteiger partial charge in [-0.25, -0.2) is 0 Å².